The van der Waals surface area contributed by atoms with E-state index in [0.29, 0.717) is 21.9 Å². The molecule has 16 heavy (non-hydrogen) atoms. The van der Waals surface area contributed by atoms with Crippen LogP contribution in [0.4, 0.5) is 0 Å². The third-order valence-electron chi connectivity index (χ3n) is 2.57. The average Bonchev–Trinajstić information content (AvgIpc) is 2.52. The summed E-state index contributed by atoms with van der Waals surface area (Å²) in [6, 6.07) is 0. The van der Waals surface area contributed by atoms with Gasteiger partial charge in [0.05, 0.1) is 5.69 Å². The lowest BCUT2D eigenvalue weighted by molar-refractivity contribution is 0.0701. The van der Waals surface area contributed by atoms with Gasteiger partial charge in [-0.05, 0) is 20.8 Å². The molecule has 0 fully saturated rings. The molecular weight excluding hydrogens is 228 g/mol. The lowest BCUT2D eigenvalue weighted by atomic mass is 10.3. The normalized spacial score (nSPS) is 10.9. The van der Waals surface area contributed by atoms with Crippen molar-refractivity contribution in [1.82, 2.24) is 9.38 Å². The van der Waals surface area contributed by atoms with E-state index in [1.807, 2.05) is 0 Å². The van der Waals surface area contributed by atoms with E-state index < -0.39 is 5.97 Å². The van der Waals surface area contributed by atoms with Crippen molar-refractivity contribution in [3.8, 4) is 0 Å². The van der Waals surface area contributed by atoms with Crippen molar-refractivity contribution in [2.75, 3.05) is 0 Å². The van der Waals surface area contributed by atoms with E-state index in [0.717, 1.165) is 11.3 Å². The number of nitrogens with zero attached hydrogens (tertiary/aromatic N) is 2. The molecule has 0 aromatic carbocycles. The topological polar surface area (TPSA) is 71.7 Å². The van der Waals surface area contributed by atoms with Gasteiger partial charge in [-0.3, -0.25) is 9.20 Å². The second-order valence-electron chi connectivity index (χ2n) is 3.57. The Morgan fingerprint density at radius 1 is 1.38 bits per heavy atom. The Kier molecular flexibility index (Phi) is 2.31. The number of aryl methyl sites for hydroxylation is 2. The van der Waals surface area contributed by atoms with Gasteiger partial charge in [-0.2, -0.15) is 0 Å². The predicted octanol–water partition coefficient (Wildman–Crippen LogP) is 1.38. The molecule has 0 aliphatic carbocycles. The number of fused-ring (bicyclic) bond motifs is 1. The van der Waals surface area contributed by atoms with E-state index in [9.17, 15) is 9.59 Å². The summed E-state index contributed by atoms with van der Waals surface area (Å²) in [4.78, 5) is 27.7. The molecule has 2 rings (SSSR count). The maximum Gasteiger partial charge on any atom is 0.347 e. The zero-order valence-corrected chi connectivity index (χ0v) is 9.88. The first kappa shape index (κ1) is 10.8. The van der Waals surface area contributed by atoms with Crippen LogP contribution in [-0.2, 0) is 0 Å². The average molecular weight is 238 g/mol. The lowest BCUT2D eigenvalue weighted by Crippen LogP contribution is -2.19. The molecule has 2 heterocycles. The summed E-state index contributed by atoms with van der Waals surface area (Å²) in [5, 5.41) is 8.96. The standard InChI is InChI=1S/C10H10N2O3S/c1-4-5(2)11-10-12(8(4)13)6(3)7(16-10)9(14)15/h1-3H3,(H,14,15). The van der Waals surface area contributed by atoms with Crippen LogP contribution >= 0.6 is 11.3 Å². The van der Waals surface area contributed by atoms with Crippen LogP contribution in [0, 0.1) is 20.8 Å². The van der Waals surface area contributed by atoms with E-state index >= 15 is 0 Å². The zero-order chi connectivity index (χ0) is 12.0. The van der Waals surface area contributed by atoms with Crippen LogP contribution in [0.15, 0.2) is 4.79 Å². The molecule has 0 aliphatic rings. The highest BCUT2D eigenvalue weighted by atomic mass is 32.1. The Bertz CT molecular complexity index is 654. The Hall–Kier alpha value is -1.69. The van der Waals surface area contributed by atoms with Crippen LogP contribution in [0.2, 0.25) is 0 Å². The maximum absolute atomic E-state index is 11.9. The second-order valence-corrected chi connectivity index (χ2v) is 4.54. The van der Waals surface area contributed by atoms with E-state index in [4.69, 9.17) is 5.11 Å². The quantitative estimate of drug-likeness (QED) is 0.814. The number of carbonyl (C=O) groups is 1. The molecule has 2 aromatic rings. The number of carboxylic acids is 1. The summed E-state index contributed by atoms with van der Waals surface area (Å²) in [5.74, 6) is -1.03. The van der Waals surface area contributed by atoms with E-state index in [1.54, 1.807) is 20.8 Å². The highest BCUT2D eigenvalue weighted by molar-refractivity contribution is 7.18. The van der Waals surface area contributed by atoms with Crippen molar-refractivity contribution in [2.24, 2.45) is 0 Å². The van der Waals surface area contributed by atoms with Crippen LogP contribution < -0.4 is 5.56 Å². The summed E-state index contributed by atoms with van der Waals surface area (Å²) in [7, 11) is 0. The van der Waals surface area contributed by atoms with Crippen molar-refractivity contribution >= 4 is 22.3 Å². The number of aromatic carboxylic acids is 1. The summed E-state index contributed by atoms with van der Waals surface area (Å²) in [6.45, 7) is 5.05. The summed E-state index contributed by atoms with van der Waals surface area (Å²) >= 11 is 1.02. The van der Waals surface area contributed by atoms with Gasteiger partial charge >= 0.3 is 5.97 Å². The first-order chi connectivity index (χ1) is 7.43. The smallest absolute Gasteiger partial charge is 0.347 e. The summed E-state index contributed by atoms with van der Waals surface area (Å²) in [5.41, 5.74) is 1.44. The molecule has 0 radical (unpaired) electrons. The molecule has 0 amide bonds. The molecule has 6 heteroatoms. The number of hydrogen-bond acceptors (Lipinski definition) is 4. The molecule has 0 aliphatic heterocycles. The Morgan fingerprint density at radius 2 is 2.00 bits per heavy atom. The zero-order valence-electron chi connectivity index (χ0n) is 9.07. The minimum atomic E-state index is -1.03. The van der Waals surface area contributed by atoms with E-state index in [-0.39, 0.29) is 10.4 Å². The molecule has 0 saturated heterocycles. The van der Waals surface area contributed by atoms with Gasteiger partial charge in [0.1, 0.15) is 4.88 Å². The van der Waals surface area contributed by atoms with Gasteiger partial charge in [-0.25, -0.2) is 9.78 Å². The van der Waals surface area contributed by atoms with Crippen molar-refractivity contribution in [3.63, 3.8) is 0 Å². The molecular formula is C10H10N2O3S. The van der Waals surface area contributed by atoms with Gasteiger partial charge in [-0.15, -0.1) is 0 Å². The molecule has 0 bridgehead atoms. The predicted molar refractivity (Wildman–Crippen MR) is 60.5 cm³/mol. The molecule has 84 valence electrons. The van der Waals surface area contributed by atoms with Gasteiger partial charge in [0.15, 0.2) is 4.96 Å². The van der Waals surface area contributed by atoms with Gasteiger partial charge in [0.25, 0.3) is 5.56 Å². The molecule has 0 atom stereocenters. The van der Waals surface area contributed by atoms with Gasteiger partial charge in [0.2, 0.25) is 0 Å². The Morgan fingerprint density at radius 3 is 2.56 bits per heavy atom. The van der Waals surface area contributed by atoms with Crippen LogP contribution in [0.3, 0.4) is 0 Å². The van der Waals surface area contributed by atoms with Crippen molar-refractivity contribution in [2.45, 2.75) is 20.8 Å². The van der Waals surface area contributed by atoms with Crippen LogP contribution in [0.5, 0.6) is 0 Å². The Balaban J connectivity index is 2.99. The molecule has 0 spiro atoms. The number of thiazole rings is 1. The number of aromatic nitrogens is 2. The van der Waals surface area contributed by atoms with Crippen LogP contribution in [0.25, 0.3) is 4.96 Å². The lowest BCUT2D eigenvalue weighted by Gasteiger charge is -2.00. The highest BCUT2D eigenvalue weighted by Crippen LogP contribution is 2.20. The second kappa shape index (κ2) is 3.41. The fraction of sp³-hybridized carbons (Fsp3) is 0.300. The van der Waals surface area contributed by atoms with Crippen LogP contribution in [0.1, 0.15) is 26.6 Å². The molecule has 0 unspecified atom stereocenters. The Labute approximate surface area is 95.0 Å². The van der Waals surface area contributed by atoms with Crippen LogP contribution in [-0.4, -0.2) is 20.5 Å². The maximum atomic E-state index is 11.9. The molecule has 0 saturated carbocycles. The minimum Gasteiger partial charge on any atom is -0.477 e. The fourth-order valence-electron chi connectivity index (χ4n) is 1.52. The molecule has 5 nitrogen and oxygen atoms in total. The highest BCUT2D eigenvalue weighted by Gasteiger charge is 2.17. The third kappa shape index (κ3) is 1.34. The molecule has 2 aromatic heterocycles. The van der Waals surface area contributed by atoms with Crippen molar-refractivity contribution in [3.05, 3.63) is 32.2 Å². The number of carboxylic acid groups (broad SMARTS) is 1. The SMILES string of the molecule is Cc1nc2sc(C(=O)O)c(C)n2c(=O)c1C. The first-order valence-corrected chi connectivity index (χ1v) is 5.47. The monoisotopic (exact) mass is 238 g/mol. The van der Waals surface area contributed by atoms with Gasteiger partial charge in [0, 0.05) is 11.3 Å². The third-order valence-corrected chi connectivity index (χ3v) is 3.70. The fourth-order valence-corrected chi connectivity index (χ4v) is 2.52. The van der Waals surface area contributed by atoms with Gasteiger partial charge < -0.3 is 5.11 Å². The number of hydrogen-bond donors (Lipinski definition) is 1. The van der Waals surface area contributed by atoms with Crippen molar-refractivity contribution < 1.29 is 9.90 Å². The number of rotatable bonds is 1. The summed E-state index contributed by atoms with van der Waals surface area (Å²) < 4.78 is 1.36. The van der Waals surface area contributed by atoms with Gasteiger partial charge in [-0.1, -0.05) is 11.3 Å². The summed E-state index contributed by atoms with van der Waals surface area (Å²) in [6.07, 6.45) is 0. The molecule has 1 N–H and O–H groups in total. The van der Waals surface area contributed by atoms with E-state index in [2.05, 4.69) is 4.98 Å². The first-order valence-electron chi connectivity index (χ1n) is 4.66. The largest absolute Gasteiger partial charge is 0.477 e. The van der Waals surface area contributed by atoms with E-state index in [1.165, 1.54) is 4.40 Å². The minimum absolute atomic E-state index is 0.162. The van der Waals surface area contributed by atoms with Crippen molar-refractivity contribution in [1.29, 1.82) is 0 Å².